The van der Waals surface area contributed by atoms with Crippen molar-refractivity contribution in [3.05, 3.63) is 50.7 Å². The molecule has 1 aliphatic rings. The molecule has 0 spiro atoms. The van der Waals surface area contributed by atoms with Gasteiger partial charge < -0.3 is 10.4 Å². The highest BCUT2D eigenvalue weighted by Gasteiger charge is 2.21. The summed E-state index contributed by atoms with van der Waals surface area (Å²) in [5.74, 6) is 0.265. The van der Waals surface area contributed by atoms with Gasteiger partial charge in [-0.05, 0) is 48.4 Å². The quantitative estimate of drug-likeness (QED) is 0.885. The van der Waals surface area contributed by atoms with E-state index in [1.165, 1.54) is 23.3 Å². The summed E-state index contributed by atoms with van der Waals surface area (Å²) in [4.78, 5) is 1.49. The molecule has 0 bridgehead atoms. The van der Waals surface area contributed by atoms with E-state index in [1.54, 1.807) is 12.1 Å². The van der Waals surface area contributed by atoms with Crippen molar-refractivity contribution < 1.29 is 5.11 Å². The maximum Gasteiger partial charge on any atom is 0.121 e. The van der Waals surface area contributed by atoms with Crippen molar-refractivity contribution in [1.82, 2.24) is 5.32 Å². The first-order valence-electron chi connectivity index (χ1n) is 6.51. The maximum absolute atomic E-state index is 9.85. The molecule has 2 N–H and O–H groups in total. The van der Waals surface area contributed by atoms with Gasteiger partial charge in [0, 0.05) is 28.0 Å². The van der Waals surface area contributed by atoms with Gasteiger partial charge in [0.15, 0.2) is 0 Å². The third kappa shape index (κ3) is 2.64. The van der Waals surface area contributed by atoms with Crippen LogP contribution in [0.25, 0.3) is 0 Å². The van der Waals surface area contributed by atoms with Crippen molar-refractivity contribution >= 4 is 22.9 Å². The number of halogens is 1. The lowest BCUT2D eigenvalue weighted by atomic mass is 9.94. The summed E-state index contributed by atoms with van der Waals surface area (Å²) in [6, 6.07) is 7.85. The Labute approximate surface area is 122 Å². The van der Waals surface area contributed by atoms with Crippen molar-refractivity contribution in [1.29, 1.82) is 0 Å². The number of benzene rings is 1. The number of thiophene rings is 1. The fourth-order valence-corrected chi connectivity index (χ4v) is 3.87. The van der Waals surface area contributed by atoms with Crippen LogP contribution in [0.1, 0.15) is 34.9 Å². The molecular weight excluding hydrogens is 278 g/mol. The minimum Gasteiger partial charge on any atom is -0.508 e. The smallest absolute Gasteiger partial charge is 0.121 e. The summed E-state index contributed by atoms with van der Waals surface area (Å²) in [5.41, 5.74) is 2.20. The predicted molar refractivity (Wildman–Crippen MR) is 80.0 cm³/mol. The molecule has 0 saturated heterocycles. The summed E-state index contributed by atoms with van der Waals surface area (Å²) in [6.07, 6.45) is 3.57. The Hall–Kier alpha value is -1.03. The molecule has 1 aromatic heterocycles. The molecule has 1 atom stereocenters. The lowest BCUT2D eigenvalue weighted by Crippen LogP contribution is -2.24. The molecule has 100 valence electrons. The predicted octanol–water partition coefficient (Wildman–Crippen LogP) is 4.27. The molecule has 2 nitrogen and oxygen atoms in total. The SMILES string of the molecule is Oc1cccc(Cl)c1CNC1CCCc2sccc21. The van der Waals surface area contributed by atoms with Gasteiger partial charge in [0.25, 0.3) is 0 Å². The topological polar surface area (TPSA) is 32.3 Å². The molecule has 0 fully saturated rings. The van der Waals surface area contributed by atoms with Crippen LogP contribution in [0.4, 0.5) is 0 Å². The van der Waals surface area contributed by atoms with E-state index in [4.69, 9.17) is 11.6 Å². The molecular formula is C15H16ClNOS. The number of aryl methyl sites for hydroxylation is 1. The molecule has 19 heavy (non-hydrogen) atoms. The van der Waals surface area contributed by atoms with Gasteiger partial charge in [-0.25, -0.2) is 0 Å². The molecule has 4 heteroatoms. The van der Waals surface area contributed by atoms with Crippen LogP contribution >= 0.6 is 22.9 Å². The van der Waals surface area contributed by atoms with Crippen LogP contribution in [0.5, 0.6) is 5.75 Å². The second-order valence-electron chi connectivity index (χ2n) is 4.86. The zero-order valence-corrected chi connectivity index (χ0v) is 12.1. The average Bonchev–Trinajstić information content (AvgIpc) is 2.87. The Bertz CT molecular complexity index is 561. The van der Waals surface area contributed by atoms with E-state index in [2.05, 4.69) is 16.8 Å². The lowest BCUT2D eigenvalue weighted by Gasteiger charge is -2.24. The van der Waals surface area contributed by atoms with Gasteiger partial charge in [-0.15, -0.1) is 11.3 Å². The average molecular weight is 294 g/mol. The highest BCUT2D eigenvalue weighted by molar-refractivity contribution is 7.10. The molecule has 0 amide bonds. The standard InChI is InChI=1S/C15H16ClNOS/c16-12-3-1-5-14(18)11(12)9-17-13-4-2-6-15-10(13)7-8-19-15/h1,3,5,7-8,13,17-18H,2,4,6,9H2. The summed E-state index contributed by atoms with van der Waals surface area (Å²) in [6.45, 7) is 0.603. The molecule has 2 aromatic rings. The van der Waals surface area contributed by atoms with E-state index in [0.717, 1.165) is 12.0 Å². The van der Waals surface area contributed by atoms with Crippen LogP contribution in [0.15, 0.2) is 29.6 Å². The zero-order chi connectivity index (χ0) is 13.2. The van der Waals surface area contributed by atoms with Crippen molar-refractivity contribution in [2.24, 2.45) is 0 Å². The van der Waals surface area contributed by atoms with Crippen molar-refractivity contribution in [2.45, 2.75) is 31.8 Å². The third-order valence-electron chi connectivity index (χ3n) is 3.67. The minimum atomic E-state index is 0.265. The van der Waals surface area contributed by atoms with E-state index >= 15 is 0 Å². The fraction of sp³-hybridized carbons (Fsp3) is 0.333. The highest BCUT2D eigenvalue weighted by Crippen LogP contribution is 2.34. The largest absolute Gasteiger partial charge is 0.508 e. The molecule has 1 aromatic carbocycles. The van der Waals surface area contributed by atoms with Crippen LogP contribution in [0.2, 0.25) is 5.02 Å². The Kier molecular flexibility index (Phi) is 3.78. The van der Waals surface area contributed by atoms with Gasteiger partial charge in [-0.1, -0.05) is 17.7 Å². The first-order valence-corrected chi connectivity index (χ1v) is 7.77. The van der Waals surface area contributed by atoms with Gasteiger partial charge in [-0.3, -0.25) is 0 Å². The Balaban J connectivity index is 1.74. The monoisotopic (exact) mass is 293 g/mol. The lowest BCUT2D eigenvalue weighted by molar-refractivity contribution is 0.440. The molecule has 3 rings (SSSR count). The fourth-order valence-electron chi connectivity index (χ4n) is 2.65. The Morgan fingerprint density at radius 3 is 3.11 bits per heavy atom. The minimum absolute atomic E-state index is 0.265. The first kappa shape index (κ1) is 13.0. The third-order valence-corrected chi connectivity index (χ3v) is 5.02. The van der Waals surface area contributed by atoms with Crippen molar-refractivity contribution in [2.75, 3.05) is 0 Å². The molecule has 1 unspecified atom stereocenters. The molecule has 1 aliphatic carbocycles. The number of phenols is 1. The number of hydrogen-bond donors (Lipinski definition) is 2. The van der Waals surface area contributed by atoms with Gasteiger partial charge in [-0.2, -0.15) is 0 Å². The highest BCUT2D eigenvalue weighted by atomic mass is 35.5. The molecule has 0 saturated carbocycles. The van der Waals surface area contributed by atoms with Crippen LogP contribution in [0, 0.1) is 0 Å². The van der Waals surface area contributed by atoms with Crippen LogP contribution in [-0.4, -0.2) is 5.11 Å². The summed E-state index contributed by atoms with van der Waals surface area (Å²) < 4.78 is 0. The normalized spacial score (nSPS) is 18.3. The van der Waals surface area contributed by atoms with Crippen LogP contribution < -0.4 is 5.32 Å². The van der Waals surface area contributed by atoms with E-state index in [1.807, 2.05) is 17.4 Å². The second kappa shape index (κ2) is 5.53. The van der Waals surface area contributed by atoms with Gasteiger partial charge in [0.2, 0.25) is 0 Å². The van der Waals surface area contributed by atoms with E-state index in [-0.39, 0.29) is 5.75 Å². The first-order chi connectivity index (χ1) is 9.25. The van der Waals surface area contributed by atoms with Crippen LogP contribution in [-0.2, 0) is 13.0 Å². The number of fused-ring (bicyclic) bond motifs is 1. The maximum atomic E-state index is 9.85. The number of aromatic hydroxyl groups is 1. The summed E-state index contributed by atoms with van der Waals surface area (Å²) in [7, 11) is 0. The number of hydrogen-bond acceptors (Lipinski definition) is 3. The molecule has 0 aliphatic heterocycles. The van der Waals surface area contributed by atoms with Gasteiger partial charge >= 0.3 is 0 Å². The van der Waals surface area contributed by atoms with Crippen molar-refractivity contribution in [3.8, 4) is 5.75 Å². The van der Waals surface area contributed by atoms with E-state index < -0.39 is 0 Å². The molecule has 0 radical (unpaired) electrons. The number of rotatable bonds is 3. The second-order valence-corrected chi connectivity index (χ2v) is 6.27. The van der Waals surface area contributed by atoms with E-state index in [9.17, 15) is 5.11 Å². The Morgan fingerprint density at radius 1 is 1.37 bits per heavy atom. The summed E-state index contributed by atoms with van der Waals surface area (Å²) >= 11 is 7.97. The van der Waals surface area contributed by atoms with Gasteiger partial charge in [0.05, 0.1) is 0 Å². The summed E-state index contributed by atoms with van der Waals surface area (Å²) in [5, 5.41) is 16.2. The molecule has 1 heterocycles. The number of nitrogens with one attached hydrogen (secondary N) is 1. The number of phenolic OH excluding ortho intramolecular Hbond substituents is 1. The van der Waals surface area contributed by atoms with Crippen LogP contribution in [0.3, 0.4) is 0 Å². The van der Waals surface area contributed by atoms with E-state index in [0.29, 0.717) is 17.6 Å². The zero-order valence-electron chi connectivity index (χ0n) is 10.5. The Morgan fingerprint density at radius 2 is 2.26 bits per heavy atom. The van der Waals surface area contributed by atoms with Crippen molar-refractivity contribution in [3.63, 3.8) is 0 Å². The van der Waals surface area contributed by atoms with Gasteiger partial charge in [0.1, 0.15) is 5.75 Å².